The van der Waals surface area contributed by atoms with Gasteiger partial charge in [0.1, 0.15) is 5.82 Å². The third-order valence-electron chi connectivity index (χ3n) is 7.96. The van der Waals surface area contributed by atoms with Crippen molar-refractivity contribution in [2.24, 2.45) is 0 Å². The van der Waals surface area contributed by atoms with Crippen LogP contribution in [0.15, 0.2) is 36.4 Å². The zero-order chi connectivity index (χ0) is 24.2. The average Bonchev–Trinajstić information content (AvgIpc) is 3.29. The minimum Gasteiger partial charge on any atom is -0.374 e. The lowest BCUT2D eigenvalue weighted by Crippen LogP contribution is -2.55. The van der Waals surface area contributed by atoms with Crippen molar-refractivity contribution in [3.63, 3.8) is 0 Å². The van der Waals surface area contributed by atoms with Crippen molar-refractivity contribution in [3.8, 4) is 11.3 Å². The lowest BCUT2D eigenvalue weighted by Gasteiger charge is -2.46. The topological polar surface area (TPSA) is 92.7 Å². The van der Waals surface area contributed by atoms with Crippen molar-refractivity contribution in [1.29, 1.82) is 0 Å². The molecule has 5 saturated heterocycles. The van der Waals surface area contributed by atoms with Crippen molar-refractivity contribution in [2.45, 2.75) is 50.0 Å². The maximum absolute atomic E-state index is 12.2. The van der Waals surface area contributed by atoms with Gasteiger partial charge in [0.05, 0.1) is 42.0 Å². The van der Waals surface area contributed by atoms with Crippen LogP contribution in [-0.4, -0.2) is 78.5 Å². The number of rotatable bonds is 4. The van der Waals surface area contributed by atoms with Gasteiger partial charge < -0.3 is 24.6 Å². The molecular weight excluding hydrogens is 456 g/mol. The summed E-state index contributed by atoms with van der Waals surface area (Å²) in [6, 6.07) is 12.0. The van der Waals surface area contributed by atoms with Crippen molar-refractivity contribution >= 4 is 28.7 Å². The van der Waals surface area contributed by atoms with E-state index in [-0.39, 0.29) is 24.2 Å². The molecule has 3 aromatic rings. The third-order valence-corrected chi connectivity index (χ3v) is 7.96. The van der Waals surface area contributed by atoms with Gasteiger partial charge in [0.25, 0.3) is 5.91 Å². The Balaban J connectivity index is 1.33. The Morgan fingerprint density at radius 2 is 1.81 bits per heavy atom. The fraction of sp³-hybridized carbons (Fsp3) is 0.481. The van der Waals surface area contributed by atoms with E-state index in [0.29, 0.717) is 17.3 Å². The normalized spacial score (nSPS) is 27.0. The molecule has 5 fully saturated rings. The second-order valence-corrected chi connectivity index (χ2v) is 10.3. The molecule has 0 spiro atoms. The highest BCUT2D eigenvalue weighted by Gasteiger charge is 2.38. The number of ether oxygens (including phenoxy) is 2. The number of hydrogen-bond acceptors (Lipinski definition) is 8. The Hall–Kier alpha value is -3.30. The summed E-state index contributed by atoms with van der Waals surface area (Å²) >= 11 is 0. The summed E-state index contributed by atoms with van der Waals surface area (Å²) in [4.78, 5) is 32.0. The molecule has 7 heterocycles. The molecule has 4 atom stereocenters. The fourth-order valence-corrected chi connectivity index (χ4v) is 6.06. The number of carbonyl (C=O) groups is 1. The molecule has 36 heavy (non-hydrogen) atoms. The number of benzene rings is 1. The summed E-state index contributed by atoms with van der Waals surface area (Å²) in [6.07, 6.45) is 5.16. The monoisotopic (exact) mass is 486 g/mol. The number of morpholine rings is 2. The Kier molecular flexibility index (Phi) is 5.28. The largest absolute Gasteiger partial charge is 0.374 e. The number of anilines is 2. The summed E-state index contributed by atoms with van der Waals surface area (Å²) in [6.45, 7) is 3.21. The van der Waals surface area contributed by atoms with Crippen LogP contribution in [0.25, 0.3) is 22.3 Å². The predicted octanol–water partition coefficient (Wildman–Crippen LogP) is 2.79. The van der Waals surface area contributed by atoms with Gasteiger partial charge >= 0.3 is 0 Å². The second kappa shape index (κ2) is 8.67. The van der Waals surface area contributed by atoms with Gasteiger partial charge in [-0.2, -0.15) is 9.97 Å². The molecule has 5 aliphatic rings. The molecular formula is C27H30N6O3. The number of aromatic nitrogens is 3. The van der Waals surface area contributed by atoms with E-state index in [2.05, 4.69) is 21.2 Å². The maximum atomic E-state index is 12.2. The van der Waals surface area contributed by atoms with Crippen LogP contribution in [0.1, 0.15) is 36.0 Å². The number of pyridine rings is 1. The lowest BCUT2D eigenvalue weighted by atomic mass is 9.97. The van der Waals surface area contributed by atoms with Gasteiger partial charge in [-0.05, 0) is 49.9 Å². The number of hydrogen-bond donors (Lipinski definition) is 1. The molecule has 8 rings (SSSR count). The van der Waals surface area contributed by atoms with Crippen LogP contribution in [0.4, 0.5) is 11.8 Å². The van der Waals surface area contributed by atoms with Crippen molar-refractivity contribution in [1.82, 2.24) is 20.3 Å². The lowest BCUT2D eigenvalue weighted by molar-refractivity contribution is -0.0227. The van der Waals surface area contributed by atoms with Crippen LogP contribution < -0.4 is 15.1 Å². The first-order valence-corrected chi connectivity index (χ1v) is 12.9. The molecule has 0 radical (unpaired) electrons. The van der Waals surface area contributed by atoms with Gasteiger partial charge in [-0.15, -0.1) is 0 Å². The Labute approximate surface area is 209 Å². The smallest absolute Gasteiger partial charge is 0.251 e. The molecule has 9 heteroatoms. The maximum Gasteiger partial charge on any atom is 0.251 e. The number of amides is 1. The van der Waals surface area contributed by atoms with Gasteiger partial charge in [0, 0.05) is 37.8 Å². The minimum absolute atomic E-state index is 0.117. The SMILES string of the molecule is CNC(=O)c1cccc(-c2ccc3c(N4CC5CCC4CO5)nc(N4CC5CCC(C4)O5)nc3n2)c1. The van der Waals surface area contributed by atoms with E-state index < -0.39 is 0 Å². The summed E-state index contributed by atoms with van der Waals surface area (Å²) in [7, 11) is 1.64. The zero-order valence-corrected chi connectivity index (χ0v) is 20.4. The molecule has 0 saturated carbocycles. The molecule has 4 bridgehead atoms. The van der Waals surface area contributed by atoms with Crippen LogP contribution in [0.3, 0.4) is 0 Å². The molecule has 9 nitrogen and oxygen atoms in total. The van der Waals surface area contributed by atoms with Gasteiger partial charge in [-0.3, -0.25) is 4.79 Å². The van der Waals surface area contributed by atoms with E-state index in [1.165, 1.54) is 0 Å². The van der Waals surface area contributed by atoms with E-state index >= 15 is 0 Å². The molecule has 5 aliphatic heterocycles. The van der Waals surface area contributed by atoms with Gasteiger partial charge in [-0.1, -0.05) is 12.1 Å². The first-order valence-electron chi connectivity index (χ1n) is 12.9. The van der Waals surface area contributed by atoms with Crippen LogP contribution in [-0.2, 0) is 9.47 Å². The summed E-state index contributed by atoms with van der Waals surface area (Å²) in [5.74, 6) is 1.56. The minimum atomic E-state index is -0.117. The summed E-state index contributed by atoms with van der Waals surface area (Å²) in [5, 5.41) is 3.64. The molecule has 4 unspecified atom stereocenters. The number of nitrogens with zero attached hydrogens (tertiary/aromatic N) is 5. The van der Waals surface area contributed by atoms with Gasteiger partial charge in [0.2, 0.25) is 5.95 Å². The Bertz CT molecular complexity index is 1310. The standard InChI is InChI=1S/C27H30N6O3/c1-28-26(34)17-4-2-3-16(11-17)23-10-9-22-24(29-23)30-27(32-12-20-7-8-21(13-32)36-20)31-25(22)33-14-19-6-5-18(33)15-35-19/h2-4,9-11,18-21H,5-8,12-15H2,1H3,(H,28,34). The molecule has 2 aromatic heterocycles. The van der Waals surface area contributed by atoms with E-state index in [0.717, 1.165) is 80.3 Å². The van der Waals surface area contributed by atoms with E-state index in [1.54, 1.807) is 7.05 Å². The summed E-state index contributed by atoms with van der Waals surface area (Å²) in [5.41, 5.74) is 2.96. The quantitative estimate of drug-likeness (QED) is 0.602. The third kappa shape index (κ3) is 3.77. The molecule has 1 amide bonds. The van der Waals surface area contributed by atoms with Crippen molar-refractivity contribution in [2.75, 3.05) is 43.1 Å². The van der Waals surface area contributed by atoms with Crippen LogP contribution >= 0.6 is 0 Å². The first-order chi connectivity index (χ1) is 17.6. The highest BCUT2D eigenvalue weighted by molar-refractivity contribution is 5.95. The zero-order valence-electron chi connectivity index (χ0n) is 20.4. The molecule has 1 aromatic carbocycles. The van der Waals surface area contributed by atoms with Crippen LogP contribution in [0.5, 0.6) is 0 Å². The van der Waals surface area contributed by atoms with E-state index in [1.807, 2.05) is 30.3 Å². The van der Waals surface area contributed by atoms with Gasteiger partial charge in [-0.25, -0.2) is 4.98 Å². The first kappa shape index (κ1) is 21.9. The van der Waals surface area contributed by atoms with Crippen molar-refractivity contribution in [3.05, 3.63) is 42.0 Å². The Morgan fingerprint density at radius 1 is 0.972 bits per heavy atom. The van der Waals surface area contributed by atoms with E-state index in [9.17, 15) is 4.79 Å². The van der Waals surface area contributed by atoms with Crippen LogP contribution in [0, 0.1) is 0 Å². The number of fused-ring (bicyclic) bond motifs is 6. The van der Waals surface area contributed by atoms with E-state index in [4.69, 9.17) is 24.4 Å². The number of piperidine rings is 1. The Morgan fingerprint density at radius 3 is 2.53 bits per heavy atom. The van der Waals surface area contributed by atoms with Crippen molar-refractivity contribution < 1.29 is 14.3 Å². The molecule has 1 N–H and O–H groups in total. The highest BCUT2D eigenvalue weighted by atomic mass is 16.5. The molecule has 0 aliphatic carbocycles. The predicted molar refractivity (Wildman–Crippen MR) is 136 cm³/mol. The summed E-state index contributed by atoms with van der Waals surface area (Å²) < 4.78 is 12.0. The molecule has 186 valence electrons. The fourth-order valence-electron chi connectivity index (χ4n) is 6.06. The number of nitrogens with one attached hydrogen (secondary N) is 1. The number of carbonyl (C=O) groups excluding carboxylic acids is 1. The highest BCUT2D eigenvalue weighted by Crippen LogP contribution is 2.36. The van der Waals surface area contributed by atoms with Gasteiger partial charge in [0.15, 0.2) is 5.65 Å². The second-order valence-electron chi connectivity index (χ2n) is 10.3. The average molecular weight is 487 g/mol. The van der Waals surface area contributed by atoms with Crippen LogP contribution in [0.2, 0.25) is 0 Å².